The molecule has 0 aromatic heterocycles. The fourth-order valence-electron chi connectivity index (χ4n) is 0.826. The maximum Gasteiger partial charge on any atom is 0.265 e. The van der Waals surface area contributed by atoms with Crippen molar-refractivity contribution in [1.29, 1.82) is 0 Å². The Balaban J connectivity index is 2.84. The van der Waals surface area contributed by atoms with Crippen LogP contribution in [0.3, 0.4) is 0 Å². The van der Waals surface area contributed by atoms with Gasteiger partial charge in [0.2, 0.25) is 0 Å². The van der Waals surface area contributed by atoms with Gasteiger partial charge in [-0.05, 0) is 30.5 Å². The molecular weight excluding hydrogens is 172 g/mol. The molecule has 1 rings (SSSR count). The highest BCUT2D eigenvalue weighted by Crippen LogP contribution is 2.14. The first-order valence-corrected chi connectivity index (χ1v) is 4.65. The van der Waals surface area contributed by atoms with E-state index in [-0.39, 0.29) is 5.91 Å². The number of nitrogen functional groups attached to an aromatic ring is 1. The summed E-state index contributed by atoms with van der Waals surface area (Å²) in [4.78, 5) is 12.1. The molecule has 3 nitrogen and oxygen atoms in total. The van der Waals surface area contributed by atoms with E-state index in [0.29, 0.717) is 5.56 Å². The fourth-order valence-corrected chi connectivity index (χ4v) is 1.23. The number of carbonyl (C=O) groups is 1. The number of thioether (sulfide) groups is 1. The van der Waals surface area contributed by atoms with E-state index in [4.69, 9.17) is 5.84 Å². The van der Waals surface area contributed by atoms with Gasteiger partial charge >= 0.3 is 0 Å². The molecule has 0 spiro atoms. The highest BCUT2D eigenvalue weighted by molar-refractivity contribution is 7.98. The van der Waals surface area contributed by atoms with Crippen molar-refractivity contribution in [3.63, 3.8) is 0 Å². The highest BCUT2D eigenvalue weighted by atomic mass is 32.2. The second-order valence-corrected chi connectivity index (χ2v) is 3.08. The zero-order valence-electron chi connectivity index (χ0n) is 6.70. The van der Waals surface area contributed by atoms with E-state index >= 15 is 0 Å². The summed E-state index contributed by atoms with van der Waals surface area (Å²) in [7, 11) is 0. The molecule has 64 valence electrons. The van der Waals surface area contributed by atoms with Crippen LogP contribution in [-0.4, -0.2) is 12.2 Å². The Labute approximate surface area is 75.3 Å². The first-order chi connectivity index (χ1) is 5.77. The van der Waals surface area contributed by atoms with Crippen LogP contribution in [0.2, 0.25) is 0 Å². The van der Waals surface area contributed by atoms with Gasteiger partial charge in [-0.3, -0.25) is 10.2 Å². The lowest BCUT2D eigenvalue weighted by atomic mass is 10.2. The van der Waals surface area contributed by atoms with Gasteiger partial charge in [-0.1, -0.05) is 0 Å². The molecule has 0 heterocycles. The molecule has 0 saturated carbocycles. The number of nitrogens with two attached hydrogens (primary N) is 1. The van der Waals surface area contributed by atoms with Crippen LogP contribution in [0.5, 0.6) is 0 Å². The zero-order valence-corrected chi connectivity index (χ0v) is 7.52. The van der Waals surface area contributed by atoms with Crippen molar-refractivity contribution >= 4 is 17.7 Å². The summed E-state index contributed by atoms with van der Waals surface area (Å²) in [5.41, 5.74) is 2.65. The van der Waals surface area contributed by atoms with Crippen LogP contribution in [0.1, 0.15) is 10.4 Å². The SMILES string of the molecule is CSc1ccc(C(=O)NN)cc1. The van der Waals surface area contributed by atoms with Crippen molar-refractivity contribution in [3.05, 3.63) is 29.8 Å². The van der Waals surface area contributed by atoms with Gasteiger partial charge in [-0.2, -0.15) is 0 Å². The fraction of sp³-hybridized carbons (Fsp3) is 0.125. The summed E-state index contributed by atoms with van der Waals surface area (Å²) in [6.45, 7) is 0. The standard InChI is InChI=1S/C8H10N2OS/c1-12-7-4-2-6(3-5-7)8(11)10-9/h2-5H,9H2,1H3,(H,10,11). The van der Waals surface area contributed by atoms with Gasteiger partial charge in [0, 0.05) is 10.5 Å². The second kappa shape index (κ2) is 4.13. The third kappa shape index (κ3) is 1.99. The van der Waals surface area contributed by atoms with Gasteiger partial charge in [0.25, 0.3) is 5.91 Å². The first-order valence-electron chi connectivity index (χ1n) is 3.43. The number of hydrogen-bond acceptors (Lipinski definition) is 3. The summed E-state index contributed by atoms with van der Waals surface area (Å²) in [5, 5.41) is 0. The average molecular weight is 182 g/mol. The number of hydrogen-bond donors (Lipinski definition) is 2. The summed E-state index contributed by atoms with van der Waals surface area (Å²) in [6.07, 6.45) is 1.98. The number of benzene rings is 1. The minimum Gasteiger partial charge on any atom is -0.290 e. The summed E-state index contributed by atoms with van der Waals surface area (Å²) < 4.78 is 0. The van der Waals surface area contributed by atoms with Crippen LogP contribution in [0.15, 0.2) is 29.2 Å². The van der Waals surface area contributed by atoms with E-state index in [9.17, 15) is 4.79 Å². The van der Waals surface area contributed by atoms with Crippen LogP contribution in [0, 0.1) is 0 Å². The maximum absolute atomic E-state index is 11.0. The Morgan fingerprint density at radius 2 is 2.00 bits per heavy atom. The molecule has 0 aliphatic heterocycles. The molecule has 0 bridgehead atoms. The van der Waals surface area contributed by atoms with Crippen LogP contribution in [0.4, 0.5) is 0 Å². The molecule has 4 heteroatoms. The molecule has 0 radical (unpaired) electrons. The number of amides is 1. The van der Waals surface area contributed by atoms with Gasteiger partial charge in [-0.25, -0.2) is 5.84 Å². The van der Waals surface area contributed by atoms with E-state index < -0.39 is 0 Å². The number of carbonyl (C=O) groups excluding carboxylic acids is 1. The van der Waals surface area contributed by atoms with E-state index in [1.165, 1.54) is 0 Å². The van der Waals surface area contributed by atoms with E-state index in [2.05, 4.69) is 5.43 Å². The largest absolute Gasteiger partial charge is 0.290 e. The van der Waals surface area contributed by atoms with Crippen LogP contribution in [-0.2, 0) is 0 Å². The topological polar surface area (TPSA) is 55.1 Å². The van der Waals surface area contributed by atoms with E-state index in [0.717, 1.165) is 4.90 Å². The molecule has 0 saturated heterocycles. The summed E-state index contributed by atoms with van der Waals surface area (Å²) in [6, 6.07) is 7.26. The summed E-state index contributed by atoms with van der Waals surface area (Å²) in [5.74, 6) is 4.71. The van der Waals surface area contributed by atoms with E-state index in [1.807, 2.05) is 18.4 Å². The van der Waals surface area contributed by atoms with Gasteiger partial charge in [0.15, 0.2) is 0 Å². The van der Waals surface area contributed by atoms with Crippen molar-refractivity contribution in [3.8, 4) is 0 Å². The van der Waals surface area contributed by atoms with Gasteiger partial charge in [0.05, 0.1) is 0 Å². The van der Waals surface area contributed by atoms with Crippen LogP contribution in [0.25, 0.3) is 0 Å². The van der Waals surface area contributed by atoms with Gasteiger partial charge in [0.1, 0.15) is 0 Å². The summed E-state index contributed by atoms with van der Waals surface area (Å²) >= 11 is 1.63. The Hall–Kier alpha value is -1.00. The molecule has 3 N–H and O–H groups in total. The molecule has 1 aromatic rings. The smallest absolute Gasteiger partial charge is 0.265 e. The zero-order chi connectivity index (χ0) is 8.97. The maximum atomic E-state index is 11.0. The molecule has 1 aromatic carbocycles. The van der Waals surface area contributed by atoms with Crippen LogP contribution < -0.4 is 11.3 Å². The Morgan fingerprint density at radius 3 is 2.42 bits per heavy atom. The highest BCUT2D eigenvalue weighted by Gasteiger charge is 2.01. The van der Waals surface area contributed by atoms with Crippen molar-refractivity contribution in [2.24, 2.45) is 5.84 Å². The number of hydrazine groups is 1. The van der Waals surface area contributed by atoms with Crippen molar-refractivity contribution in [2.45, 2.75) is 4.90 Å². The van der Waals surface area contributed by atoms with E-state index in [1.54, 1.807) is 23.9 Å². The molecule has 0 unspecified atom stereocenters. The van der Waals surface area contributed by atoms with Gasteiger partial charge < -0.3 is 0 Å². The molecule has 12 heavy (non-hydrogen) atoms. The number of rotatable bonds is 2. The predicted molar refractivity (Wildman–Crippen MR) is 49.9 cm³/mol. The quantitative estimate of drug-likeness (QED) is 0.310. The van der Waals surface area contributed by atoms with Crippen molar-refractivity contribution in [1.82, 2.24) is 5.43 Å². The minimum atomic E-state index is -0.261. The minimum absolute atomic E-state index is 0.261. The third-order valence-electron chi connectivity index (χ3n) is 1.48. The average Bonchev–Trinajstić information content (AvgIpc) is 2.17. The molecule has 0 aliphatic rings. The Kier molecular flexibility index (Phi) is 3.13. The van der Waals surface area contributed by atoms with Crippen molar-refractivity contribution < 1.29 is 4.79 Å². The van der Waals surface area contributed by atoms with Crippen molar-refractivity contribution in [2.75, 3.05) is 6.26 Å². The molecule has 1 amide bonds. The monoisotopic (exact) mass is 182 g/mol. The van der Waals surface area contributed by atoms with Crippen LogP contribution >= 0.6 is 11.8 Å². The lowest BCUT2D eigenvalue weighted by Gasteiger charge is -1.99. The predicted octanol–water partition coefficient (Wildman–Crippen LogP) is 1.01. The molecule has 0 fully saturated rings. The first kappa shape index (κ1) is 9.09. The molecular formula is C8H10N2OS. The lowest BCUT2D eigenvalue weighted by Crippen LogP contribution is -2.29. The van der Waals surface area contributed by atoms with Gasteiger partial charge in [-0.15, -0.1) is 11.8 Å². The number of nitrogens with one attached hydrogen (secondary N) is 1. The second-order valence-electron chi connectivity index (χ2n) is 2.20. The normalized spacial score (nSPS) is 9.50. The molecule has 0 aliphatic carbocycles. The Morgan fingerprint density at radius 1 is 1.42 bits per heavy atom. The Bertz CT molecular complexity index is 271. The molecule has 0 atom stereocenters. The lowest BCUT2D eigenvalue weighted by molar-refractivity contribution is 0.0953. The third-order valence-corrected chi connectivity index (χ3v) is 2.23.